The van der Waals surface area contributed by atoms with Crippen LogP contribution in [0.25, 0.3) is 0 Å². The van der Waals surface area contributed by atoms with E-state index in [1.165, 1.54) is 17.2 Å². The first kappa shape index (κ1) is 14.2. The molecule has 18 heavy (non-hydrogen) atoms. The summed E-state index contributed by atoms with van der Waals surface area (Å²) in [6.07, 6.45) is 3.18. The van der Waals surface area contributed by atoms with Crippen LogP contribution >= 0.6 is 0 Å². The molecule has 0 bridgehead atoms. The van der Waals surface area contributed by atoms with E-state index < -0.39 is 0 Å². The predicted octanol–water partition coefficient (Wildman–Crippen LogP) is 2.84. The second-order valence-corrected chi connectivity index (χ2v) is 4.57. The second kappa shape index (κ2) is 6.74. The van der Waals surface area contributed by atoms with Crippen molar-refractivity contribution in [3.05, 3.63) is 47.7 Å². The van der Waals surface area contributed by atoms with Crippen LogP contribution in [0.3, 0.4) is 0 Å². The van der Waals surface area contributed by atoms with Crippen LogP contribution < -0.4 is 5.32 Å². The average molecular weight is 244 g/mol. The third-order valence-corrected chi connectivity index (χ3v) is 2.71. The number of nitrogens with one attached hydrogen (secondary N) is 2. The van der Waals surface area contributed by atoms with Crippen LogP contribution in [0.4, 0.5) is 0 Å². The van der Waals surface area contributed by atoms with E-state index >= 15 is 0 Å². The van der Waals surface area contributed by atoms with Crippen molar-refractivity contribution in [3.8, 4) is 0 Å². The standard InChI is InChI=1S/C15H20N2O/c1-11(2)15(18)14(16)8-9-17-10-13-7-5-4-6-12(13)3/h4-9,11,16-17H,10H2,1-3H3/b9-8-,16-14?. The van der Waals surface area contributed by atoms with E-state index in [1.54, 1.807) is 20.0 Å². The van der Waals surface area contributed by atoms with Crippen molar-refractivity contribution in [1.82, 2.24) is 5.32 Å². The van der Waals surface area contributed by atoms with Crippen LogP contribution in [0.1, 0.15) is 25.0 Å². The number of rotatable bonds is 6. The topological polar surface area (TPSA) is 53.0 Å². The molecule has 2 N–H and O–H groups in total. The van der Waals surface area contributed by atoms with E-state index in [0.29, 0.717) is 6.54 Å². The highest BCUT2D eigenvalue weighted by molar-refractivity contribution is 6.43. The van der Waals surface area contributed by atoms with E-state index in [-0.39, 0.29) is 17.4 Å². The molecule has 1 aromatic carbocycles. The molecule has 3 nitrogen and oxygen atoms in total. The smallest absolute Gasteiger partial charge is 0.183 e. The van der Waals surface area contributed by atoms with Gasteiger partial charge in [-0.2, -0.15) is 0 Å². The van der Waals surface area contributed by atoms with Gasteiger partial charge in [0.15, 0.2) is 5.78 Å². The first-order valence-electron chi connectivity index (χ1n) is 6.09. The summed E-state index contributed by atoms with van der Waals surface area (Å²) in [5.41, 5.74) is 2.48. The van der Waals surface area contributed by atoms with Gasteiger partial charge in [0.25, 0.3) is 0 Å². The summed E-state index contributed by atoms with van der Waals surface area (Å²) in [4.78, 5) is 11.5. The number of hydrogen-bond donors (Lipinski definition) is 2. The molecular formula is C15H20N2O. The quantitative estimate of drug-likeness (QED) is 0.756. The van der Waals surface area contributed by atoms with Crippen molar-refractivity contribution in [2.75, 3.05) is 0 Å². The largest absolute Gasteiger partial charge is 0.387 e. The Kier molecular flexibility index (Phi) is 5.31. The summed E-state index contributed by atoms with van der Waals surface area (Å²) >= 11 is 0. The third kappa shape index (κ3) is 4.17. The van der Waals surface area contributed by atoms with Gasteiger partial charge in [0.05, 0.1) is 5.71 Å². The molecule has 0 spiro atoms. The maximum atomic E-state index is 11.5. The van der Waals surface area contributed by atoms with E-state index in [2.05, 4.69) is 24.4 Å². The van der Waals surface area contributed by atoms with Crippen molar-refractivity contribution in [3.63, 3.8) is 0 Å². The minimum absolute atomic E-state index is 0.0438. The normalized spacial score (nSPS) is 10.9. The Morgan fingerprint density at radius 2 is 2.06 bits per heavy atom. The fourth-order valence-electron chi connectivity index (χ4n) is 1.51. The van der Waals surface area contributed by atoms with Crippen LogP contribution in [-0.2, 0) is 11.3 Å². The van der Waals surface area contributed by atoms with Crippen LogP contribution in [0.15, 0.2) is 36.5 Å². The van der Waals surface area contributed by atoms with Gasteiger partial charge in [-0.25, -0.2) is 0 Å². The Morgan fingerprint density at radius 1 is 1.39 bits per heavy atom. The summed E-state index contributed by atoms with van der Waals surface area (Å²) in [5.74, 6) is -0.262. The van der Waals surface area contributed by atoms with E-state index in [1.807, 2.05) is 12.1 Å². The van der Waals surface area contributed by atoms with Gasteiger partial charge in [-0.05, 0) is 30.3 Å². The number of Topliss-reactive ketones (excluding diaryl/α,β-unsaturated/α-hetero) is 1. The molecule has 0 fully saturated rings. The number of hydrogen-bond acceptors (Lipinski definition) is 3. The number of allylic oxidation sites excluding steroid dienone is 1. The zero-order valence-corrected chi connectivity index (χ0v) is 11.2. The number of carbonyl (C=O) groups excluding carboxylic acids is 1. The number of aryl methyl sites for hydroxylation is 1. The molecule has 0 heterocycles. The van der Waals surface area contributed by atoms with Gasteiger partial charge < -0.3 is 5.32 Å². The van der Waals surface area contributed by atoms with Gasteiger partial charge in [0.2, 0.25) is 0 Å². The monoisotopic (exact) mass is 244 g/mol. The molecule has 0 saturated heterocycles. The lowest BCUT2D eigenvalue weighted by Gasteiger charge is -2.05. The van der Waals surface area contributed by atoms with Crippen molar-refractivity contribution >= 4 is 11.5 Å². The summed E-state index contributed by atoms with van der Waals surface area (Å²) in [6.45, 7) is 6.36. The third-order valence-electron chi connectivity index (χ3n) is 2.71. The lowest BCUT2D eigenvalue weighted by atomic mass is 10.1. The Balaban J connectivity index is 2.45. The summed E-state index contributed by atoms with van der Waals surface area (Å²) in [6, 6.07) is 8.12. The van der Waals surface area contributed by atoms with E-state index in [4.69, 9.17) is 5.41 Å². The van der Waals surface area contributed by atoms with Crippen molar-refractivity contribution in [2.24, 2.45) is 5.92 Å². The maximum absolute atomic E-state index is 11.5. The number of ketones is 1. The lowest BCUT2D eigenvalue weighted by molar-refractivity contribution is -0.115. The highest BCUT2D eigenvalue weighted by Gasteiger charge is 2.10. The summed E-state index contributed by atoms with van der Waals surface area (Å²) < 4.78 is 0. The Labute approximate surface area is 108 Å². The minimum atomic E-state index is -0.135. The van der Waals surface area contributed by atoms with Gasteiger partial charge in [0.1, 0.15) is 0 Å². The van der Waals surface area contributed by atoms with E-state index in [9.17, 15) is 4.79 Å². The molecule has 0 amide bonds. The second-order valence-electron chi connectivity index (χ2n) is 4.57. The molecule has 0 radical (unpaired) electrons. The van der Waals surface area contributed by atoms with Gasteiger partial charge >= 0.3 is 0 Å². The molecule has 0 aliphatic rings. The molecule has 0 unspecified atom stereocenters. The highest BCUT2D eigenvalue weighted by atomic mass is 16.1. The maximum Gasteiger partial charge on any atom is 0.183 e. The van der Waals surface area contributed by atoms with E-state index in [0.717, 1.165) is 0 Å². The van der Waals surface area contributed by atoms with Gasteiger partial charge in [0, 0.05) is 12.5 Å². The Hall–Kier alpha value is -1.90. The summed E-state index contributed by atoms with van der Waals surface area (Å²) in [5, 5.41) is 10.7. The molecule has 0 atom stereocenters. The van der Waals surface area contributed by atoms with Crippen molar-refractivity contribution in [1.29, 1.82) is 5.41 Å². The minimum Gasteiger partial charge on any atom is -0.387 e. The molecule has 0 aromatic heterocycles. The fourth-order valence-corrected chi connectivity index (χ4v) is 1.51. The molecule has 1 rings (SSSR count). The van der Waals surface area contributed by atoms with Gasteiger partial charge in [-0.1, -0.05) is 38.1 Å². The average Bonchev–Trinajstić information content (AvgIpc) is 2.35. The van der Waals surface area contributed by atoms with Crippen LogP contribution in [-0.4, -0.2) is 11.5 Å². The first-order valence-corrected chi connectivity index (χ1v) is 6.09. The zero-order chi connectivity index (χ0) is 13.5. The van der Waals surface area contributed by atoms with Gasteiger partial charge in [-0.3, -0.25) is 10.2 Å². The van der Waals surface area contributed by atoms with Crippen molar-refractivity contribution in [2.45, 2.75) is 27.3 Å². The Morgan fingerprint density at radius 3 is 2.67 bits per heavy atom. The molecular weight excluding hydrogens is 224 g/mol. The molecule has 96 valence electrons. The van der Waals surface area contributed by atoms with Crippen LogP contribution in [0.2, 0.25) is 0 Å². The number of carbonyl (C=O) groups is 1. The van der Waals surface area contributed by atoms with Gasteiger partial charge in [-0.15, -0.1) is 0 Å². The molecule has 0 aliphatic carbocycles. The van der Waals surface area contributed by atoms with Crippen LogP contribution in [0, 0.1) is 18.3 Å². The van der Waals surface area contributed by atoms with Crippen molar-refractivity contribution < 1.29 is 4.79 Å². The molecule has 3 heteroatoms. The molecule has 0 saturated carbocycles. The Bertz CT molecular complexity index is 461. The highest BCUT2D eigenvalue weighted by Crippen LogP contribution is 2.05. The summed E-state index contributed by atoms with van der Waals surface area (Å²) in [7, 11) is 0. The molecule has 0 aliphatic heterocycles. The zero-order valence-electron chi connectivity index (χ0n) is 11.2. The number of benzene rings is 1. The predicted molar refractivity (Wildman–Crippen MR) is 74.7 cm³/mol. The lowest BCUT2D eigenvalue weighted by Crippen LogP contribution is -2.17. The van der Waals surface area contributed by atoms with Crippen LogP contribution in [0.5, 0.6) is 0 Å². The molecule has 1 aromatic rings. The first-order chi connectivity index (χ1) is 8.52. The SMILES string of the molecule is Cc1ccccc1CN/C=C\C(=N)C(=O)C(C)C. The fraction of sp³-hybridized carbons (Fsp3) is 0.333.